The number of aliphatic hydroxyl groups is 1. The van der Waals surface area contributed by atoms with Crippen molar-refractivity contribution < 1.29 is 19.4 Å². The summed E-state index contributed by atoms with van der Waals surface area (Å²) in [5, 5.41) is 15.4. The lowest BCUT2D eigenvalue weighted by molar-refractivity contribution is -0.121. The van der Waals surface area contributed by atoms with Crippen molar-refractivity contribution in [3.05, 3.63) is 0 Å². The first-order valence-electron chi connectivity index (χ1n) is 6.55. The van der Waals surface area contributed by atoms with Crippen LogP contribution < -0.4 is 10.6 Å². The maximum atomic E-state index is 11.5. The summed E-state index contributed by atoms with van der Waals surface area (Å²) in [6.07, 6.45) is -0.689. The summed E-state index contributed by atoms with van der Waals surface area (Å²) in [7, 11) is 1.60. The van der Waals surface area contributed by atoms with Gasteiger partial charge in [-0.05, 0) is 27.7 Å². The van der Waals surface area contributed by atoms with Gasteiger partial charge in [-0.25, -0.2) is 0 Å². The number of amides is 1. The first kappa shape index (κ1) is 18.3. The maximum absolute atomic E-state index is 11.5. The average molecular weight is 276 g/mol. The molecule has 0 aliphatic carbocycles. The van der Waals surface area contributed by atoms with Crippen LogP contribution >= 0.6 is 0 Å². The number of carbonyl (C=O) groups excluding carboxylic acids is 1. The zero-order valence-electron chi connectivity index (χ0n) is 12.7. The largest absolute Gasteiger partial charge is 0.389 e. The number of hydrogen-bond acceptors (Lipinski definition) is 5. The lowest BCUT2D eigenvalue weighted by Crippen LogP contribution is -2.46. The third-order valence-corrected chi connectivity index (χ3v) is 2.15. The molecule has 19 heavy (non-hydrogen) atoms. The highest BCUT2D eigenvalue weighted by atomic mass is 16.5. The monoisotopic (exact) mass is 276 g/mol. The summed E-state index contributed by atoms with van der Waals surface area (Å²) in [4.78, 5) is 11.5. The molecule has 1 amide bonds. The van der Waals surface area contributed by atoms with Gasteiger partial charge in [0.1, 0.15) is 0 Å². The molecule has 0 aliphatic rings. The van der Waals surface area contributed by atoms with Crippen LogP contribution in [-0.2, 0) is 14.3 Å². The van der Waals surface area contributed by atoms with E-state index in [1.807, 2.05) is 27.7 Å². The van der Waals surface area contributed by atoms with Gasteiger partial charge in [-0.3, -0.25) is 4.79 Å². The quantitative estimate of drug-likeness (QED) is 0.548. The van der Waals surface area contributed by atoms with Crippen LogP contribution in [0.3, 0.4) is 0 Å². The number of methoxy groups -OCH3 is 1. The standard InChI is InChI=1S/C13H28N2O4/c1-10(8-18-5)19-9-11(16)6-14-7-12(17)15-13(2,3)4/h10-11,14,16H,6-9H2,1-5H3,(H,15,17). The van der Waals surface area contributed by atoms with Gasteiger partial charge in [0, 0.05) is 19.2 Å². The molecule has 0 saturated carbocycles. The van der Waals surface area contributed by atoms with Crippen molar-refractivity contribution in [1.82, 2.24) is 10.6 Å². The predicted octanol–water partition coefficient (Wildman–Crippen LogP) is -0.0969. The molecule has 6 nitrogen and oxygen atoms in total. The third-order valence-electron chi connectivity index (χ3n) is 2.15. The Balaban J connectivity index is 3.63. The highest BCUT2D eigenvalue weighted by molar-refractivity contribution is 5.78. The Bertz CT molecular complexity index is 254. The van der Waals surface area contributed by atoms with E-state index in [2.05, 4.69) is 10.6 Å². The van der Waals surface area contributed by atoms with Crippen LogP contribution in [0.4, 0.5) is 0 Å². The van der Waals surface area contributed by atoms with Crippen LogP contribution in [0.25, 0.3) is 0 Å². The van der Waals surface area contributed by atoms with Crippen molar-refractivity contribution in [3.8, 4) is 0 Å². The number of aliphatic hydroxyl groups excluding tert-OH is 1. The van der Waals surface area contributed by atoms with Crippen LogP contribution in [0.1, 0.15) is 27.7 Å². The fraction of sp³-hybridized carbons (Fsp3) is 0.923. The van der Waals surface area contributed by atoms with Gasteiger partial charge in [0.2, 0.25) is 5.91 Å². The average Bonchev–Trinajstić information content (AvgIpc) is 2.24. The summed E-state index contributed by atoms with van der Waals surface area (Å²) < 4.78 is 10.3. The Kier molecular flexibility index (Phi) is 8.92. The van der Waals surface area contributed by atoms with Crippen LogP contribution in [0.5, 0.6) is 0 Å². The smallest absolute Gasteiger partial charge is 0.234 e. The number of hydrogen-bond donors (Lipinski definition) is 3. The molecule has 0 fully saturated rings. The summed E-state index contributed by atoms with van der Waals surface area (Å²) in [5.41, 5.74) is -0.240. The second-order valence-corrected chi connectivity index (χ2v) is 5.68. The fourth-order valence-electron chi connectivity index (χ4n) is 1.43. The van der Waals surface area contributed by atoms with Gasteiger partial charge in [0.15, 0.2) is 0 Å². The third kappa shape index (κ3) is 12.1. The summed E-state index contributed by atoms with van der Waals surface area (Å²) in [6, 6.07) is 0. The minimum atomic E-state index is -0.637. The molecule has 0 heterocycles. The van der Waals surface area contributed by atoms with E-state index in [1.54, 1.807) is 7.11 Å². The Morgan fingerprint density at radius 3 is 2.47 bits per heavy atom. The van der Waals surface area contributed by atoms with E-state index >= 15 is 0 Å². The molecule has 0 aliphatic heterocycles. The Hall–Kier alpha value is -0.690. The number of nitrogens with one attached hydrogen (secondary N) is 2. The second-order valence-electron chi connectivity index (χ2n) is 5.68. The van der Waals surface area contributed by atoms with E-state index in [0.717, 1.165) is 0 Å². The molecule has 2 atom stereocenters. The number of ether oxygens (including phenoxy) is 2. The van der Waals surface area contributed by atoms with Crippen molar-refractivity contribution in [2.24, 2.45) is 0 Å². The number of rotatable bonds is 9. The fourth-order valence-corrected chi connectivity index (χ4v) is 1.43. The van der Waals surface area contributed by atoms with E-state index < -0.39 is 6.10 Å². The van der Waals surface area contributed by atoms with Crippen molar-refractivity contribution in [1.29, 1.82) is 0 Å². The highest BCUT2D eigenvalue weighted by Gasteiger charge is 2.14. The van der Waals surface area contributed by atoms with Crippen LogP contribution in [0.2, 0.25) is 0 Å². The lowest BCUT2D eigenvalue weighted by Gasteiger charge is -2.21. The van der Waals surface area contributed by atoms with E-state index in [1.165, 1.54) is 0 Å². The molecular formula is C13H28N2O4. The van der Waals surface area contributed by atoms with E-state index in [9.17, 15) is 9.90 Å². The first-order chi connectivity index (χ1) is 8.74. The van der Waals surface area contributed by atoms with Gasteiger partial charge >= 0.3 is 0 Å². The first-order valence-corrected chi connectivity index (χ1v) is 6.55. The molecular weight excluding hydrogens is 248 g/mol. The van der Waals surface area contributed by atoms with Gasteiger partial charge in [0.25, 0.3) is 0 Å². The second kappa shape index (κ2) is 9.25. The minimum Gasteiger partial charge on any atom is -0.389 e. The van der Waals surface area contributed by atoms with Crippen LogP contribution in [-0.4, -0.2) is 62.2 Å². The van der Waals surface area contributed by atoms with Gasteiger partial charge < -0.3 is 25.2 Å². The summed E-state index contributed by atoms with van der Waals surface area (Å²) in [6.45, 7) is 8.85. The molecule has 0 aromatic heterocycles. The van der Waals surface area contributed by atoms with Crippen molar-refractivity contribution in [2.75, 3.05) is 33.4 Å². The summed E-state index contributed by atoms with van der Waals surface area (Å²) in [5.74, 6) is -0.0895. The van der Waals surface area contributed by atoms with Gasteiger partial charge in [-0.15, -0.1) is 0 Å². The number of carbonyl (C=O) groups is 1. The van der Waals surface area contributed by atoms with E-state index in [0.29, 0.717) is 13.2 Å². The molecule has 0 saturated heterocycles. The minimum absolute atomic E-state index is 0.0520. The topological polar surface area (TPSA) is 79.8 Å². The molecule has 0 aromatic carbocycles. The molecule has 114 valence electrons. The molecule has 0 bridgehead atoms. The van der Waals surface area contributed by atoms with Gasteiger partial charge in [0.05, 0.1) is 32.0 Å². The lowest BCUT2D eigenvalue weighted by atomic mass is 10.1. The molecule has 0 radical (unpaired) electrons. The summed E-state index contributed by atoms with van der Waals surface area (Å²) >= 11 is 0. The Labute approximate surface area is 115 Å². The van der Waals surface area contributed by atoms with Crippen molar-refractivity contribution in [2.45, 2.75) is 45.4 Å². The zero-order valence-corrected chi connectivity index (χ0v) is 12.7. The molecule has 0 aromatic rings. The van der Waals surface area contributed by atoms with Crippen molar-refractivity contribution in [3.63, 3.8) is 0 Å². The van der Waals surface area contributed by atoms with Gasteiger partial charge in [-0.2, -0.15) is 0 Å². The van der Waals surface area contributed by atoms with Crippen molar-refractivity contribution >= 4 is 5.91 Å². The SMILES string of the molecule is COCC(C)OCC(O)CNCC(=O)NC(C)(C)C. The van der Waals surface area contributed by atoms with Gasteiger partial charge in [-0.1, -0.05) is 0 Å². The van der Waals surface area contributed by atoms with E-state index in [4.69, 9.17) is 9.47 Å². The van der Waals surface area contributed by atoms with Crippen LogP contribution in [0, 0.1) is 0 Å². The maximum Gasteiger partial charge on any atom is 0.234 e. The molecule has 2 unspecified atom stereocenters. The Morgan fingerprint density at radius 1 is 1.32 bits per heavy atom. The highest BCUT2D eigenvalue weighted by Crippen LogP contribution is 1.97. The Morgan fingerprint density at radius 2 is 1.95 bits per heavy atom. The predicted molar refractivity (Wildman–Crippen MR) is 74.1 cm³/mol. The van der Waals surface area contributed by atoms with E-state index in [-0.39, 0.29) is 30.7 Å². The van der Waals surface area contributed by atoms with Crippen LogP contribution in [0.15, 0.2) is 0 Å². The molecule has 6 heteroatoms. The molecule has 0 spiro atoms. The zero-order chi connectivity index (χ0) is 14.9. The normalized spacial score (nSPS) is 15.1. The molecule has 0 rings (SSSR count). The molecule has 3 N–H and O–H groups in total.